The van der Waals surface area contributed by atoms with E-state index < -0.39 is 0 Å². The van der Waals surface area contributed by atoms with Crippen LogP contribution in [-0.2, 0) is 0 Å². The van der Waals surface area contributed by atoms with Gasteiger partial charge < -0.3 is 10.6 Å². The highest BCUT2D eigenvalue weighted by atomic mass is 35.5. The van der Waals surface area contributed by atoms with Gasteiger partial charge in [-0.1, -0.05) is 35.9 Å². The summed E-state index contributed by atoms with van der Waals surface area (Å²) in [5.74, 6) is -0.0273. The number of carbonyl (C=O) groups is 1. The third-order valence-electron chi connectivity index (χ3n) is 4.22. The van der Waals surface area contributed by atoms with Crippen LogP contribution >= 0.6 is 11.6 Å². The molecule has 1 amide bonds. The molecule has 0 saturated carbocycles. The summed E-state index contributed by atoms with van der Waals surface area (Å²) in [5.41, 5.74) is 3.36. The summed E-state index contributed by atoms with van der Waals surface area (Å²) >= 11 is 6.02. The van der Waals surface area contributed by atoms with Gasteiger partial charge in [0.25, 0.3) is 5.91 Å². The lowest BCUT2D eigenvalue weighted by molar-refractivity contribution is 0.102. The number of fused-ring (bicyclic) bond motifs is 1. The van der Waals surface area contributed by atoms with Crippen molar-refractivity contribution in [3.63, 3.8) is 0 Å². The van der Waals surface area contributed by atoms with Gasteiger partial charge in [0.2, 0.25) is 5.95 Å². The van der Waals surface area contributed by atoms with Crippen LogP contribution in [0.25, 0.3) is 10.9 Å². The van der Waals surface area contributed by atoms with Crippen LogP contribution in [0.4, 0.5) is 17.3 Å². The minimum atomic E-state index is -0.341. The number of halogens is 1. The smallest absolute Gasteiger partial charge is 0.274 e. The van der Waals surface area contributed by atoms with Crippen LogP contribution in [0.15, 0.2) is 67.0 Å². The Balaban J connectivity index is 1.59. The number of aryl methyl sites for hydroxylation is 1. The first kappa shape index (κ1) is 17.9. The Labute approximate surface area is 166 Å². The number of aromatic nitrogens is 3. The van der Waals surface area contributed by atoms with E-state index >= 15 is 0 Å². The highest BCUT2D eigenvalue weighted by Gasteiger charge is 2.12. The summed E-state index contributed by atoms with van der Waals surface area (Å²) in [5, 5.41) is 7.52. The minimum Gasteiger partial charge on any atom is -0.322 e. The van der Waals surface area contributed by atoms with Crippen molar-refractivity contribution in [2.24, 2.45) is 0 Å². The molecule has 138 valence electrons. The molecule has 0 bridgehead atoms. The molecule has 2 heterocycles. The van der Waals surface area contributed by atoms with Crippen molar-refractivity contribution in [2.45, 2.75) is 6.92 Å². The zero-order valence-corrected chi connectivity index (χ0v) is 15.7. The van der Waals surface area contributed by atoms with Crippen molar-refractivity contribution in [3.8, 4) is 0 Å². The lowest BCUT2D eigenvalue weighted by Crippen LogP contribution is -2.15. The highest BCUT2D eigenvalue weighted by Crippen LogP contribution is 2.23. The van der Waals surface area contributed by atoms with Gasteiger partial charge in [-0.25, -0.2) is 9.97 Å². The van der Waals surface area contributed by atoms with E-state index in [9.17, 15) is 4.79 Å². The van der Waals surface area contributed by atoms with Gasteiger partial charge in [-0.3, -0.25) is 9.78 Å². The van der Waals surface area contributed by atoms with Crippen molar-refractivity contribution in [1.29, 1.82) is 0 Å². The minimum absolute atomic E-state index is 0.241. The number of hydrogen-bond donors (Lipinski definition) is 2. The standard InChI is InChI=1S/C21H16ClN5O/c1-13-7-8-15(22)12-18(13)25-20(28)17-9-11-24-21(27-17)26-16-6-2-4-14-5-3-10-23-19(14)16/h2-12H,1H3,(H,25,28)(H,24,26,27). The molecule has 28 heavy (non-hydrogen) atoms. The fourth-order valence-electron chi connectivity index (χ4n) is 2.79. The van der Waals surface area contributed by atoms with Gasteiger partial charge in [0, 0.05) is 28.5 Å². The van der Waals surface area contributed by atoms with Crippen molar-refractivity contribution in [2.75, 3.05) is 10.6 Å². The summed E-state index contributed by atoms with van der Waals surface area (Å²) in [7, 11) is 0. The summed E-state index contributed by atoms with van der Waals surface area (Å²) in [6.45, 7) is 1.90. The average Bonchev–Trinajstić information content (AvgIpc) is 2.71. The lowest BCUT2D eigenvalue weighted by atomic mass is 10.2. The van der Waals surface area contributed by atoms with E-state index in [1.165, 1.54) is 6.20 Å². The first-order chi connectivity index (χ1) is 13.6. The number of pyridine rings is 1. The molecule has 0 spiro atoms. The molecule has 0 aliphatic heterocycles. The third kappa shape index (κ3) is 3.77. The molecular weight excluding hydrogens is 374 g/mol. The van der Waals surface area contributed by atoms with E-state index in [0.717, 1.165) is 22.2 Å². The Morgan fingerprint density at radius 1 is 0.964 bits per heavy atom. The van der Waals surface area contributed by atoms with E-state index in [-0.39, 0.29) is 11.6 Å². The lowest BCUT2D eigenvalue weighted by Gasteiger charge is -2.10. The third-order valence-corrected chi connectivity index (χ3v) is 4.45. The maximum absolute atomic E-state index is 12.6. The molecule has 0 radical (unpaired) electrons. The van der Waals surface area contributed by atoms with Crippen LogP contribution in [0.5, 0.6) is 0 Å². The van der Waals surface area contributed by atoms with Gasteiger partial charge in [0.05, 0.1) is 11.2 Å². The first-order valence-corrected chi connectivity index (χ1v) is 8.99. The van der Waals surface area contributed by atoms with Crippen LogP contribution in [0.3, 0.4) is 0 Å². The topological polar surface area (TPSA) is 79.8 Å². The van der Waals surface area contributed by atoms with Gasteiger partial charge in [0.1, 0.15) is 5.69 Å². The second kappa shape index (κ2) is 7.62. The fraction of sp³-hybridized carbons (Fsp3) is 0.0476. The van der Waals surface area contributed by atoms with E-state index in [0.29, 0.717) is 16.7 Å². The van der Waals surface area contributed by atoms with Crippen LogP contribution in [0, 0.1) is 6.92 Å². The molecule has 7 heteroatoms. The Morgan fingerprint density at radius 3 is 2.71 bits per heavy atom. The monoisotopic (exact) mass is 389 g/mol. The van der Waals surface area contributed by atoms with Gasteiger partial charge in [-0.2, -0.15) is 0 Å². The van der Waals surface area contributed by atoms with Crippen LogP contribution in [0.1, 0.15) is 16.1 Å². The Kier molecular flexibility index (Phi) is 4.87. The molecule has 0 aliphatic carbocycles. The summed E-state index contributed by atoms with van der Waals surface area (Å²) in [6, 6.07) is 16.5. The van der Waals surface area contributed by atoms with Gasteiger partial charge >= 0.3 is 0 Å². The predicted octanol–water partition coefficient (Wildman–Crippen LogP) is 4.98. The summed E-state index contributed by atoms with van der Waals surface area (Å²) < 4.78 is 0. The molecule has 0 aliphatic rings. The Bertz CT molecular complexity index is 1170. The van der Waals surface area contributed by atoms with E-state index in [1.54, 1.807) is 24.4 Å². The molecule has 0 saturated heterocycles. The molecule has 4 aromatic rings. The maximum Gasteiger partial charge on any atom is 0.274 e. The fourth-order valence-corrected chi connectivity index (χ4v) is 2.96. The van der Waals surface area contributed by atoms with Crippen molar-refractivity contribution in [3.05, 3.63) is 83.3 Å². The highest BCUT2D eigenvalue weighted by molar-refractivity contribution is 6.31. The summed E-state index contributed by atoms with van der Waals surface area (Å²) in [4.78, 5) is 25.5. The summed E-state index contributed by atoms with van der Waals surface area (Å²) in [6.07, 6.45) is 3.26. The van der Waals surface area contributed by atoms with E-state index in [4.69, 9.17) is 11.6 Å². The number of para-hydroxylation sites is 1. The van der Waals surface area contributed by atoms with Gasteiger partial charge in [0.15, 0.2) is 0 Å². The normalized spacial score (nSPS) is 10.6. The van der Waals surface area contributed by atoms with Crippen LogP contribution in [0.2, 0.25) is 5.02 Å². The van der Waals surface area contributed by atoms with Crippen molar-refractivity contribution in [1.82, 2.24) is 15.0 Å². The quantitative estimate of drug-likeness (QED) is 0.514. The zero-order chi connectivity index (χ0) is 19.5. The van der Waals surface area contributed by atoms with E-state index in [2.05, 4.69) is 25.6 Å². The molecule has 2 N–H and O–H groups in total. The number of amides is 1. The van der Waals surface area contributed by atoms with Crippen LogP contribution < -0.4 is 10.6 Å². The molecule has 0 unspecified atom stereocenters. The number of carbonyl (C=O) groups excluding carboxylic acids is 1. The van der Waals surface area contributed by atoms with Crippen molar-refractivity contribution < 1.29 is 4.79 Å². The molecular formula is C21H16ClN5O. The SMILES string of the molecule is Cc1ccc(Cl)cc1NC(=O)c1ccnc(Nc2cccc3cccnc23)n1. The van der Waals surface area contributed by atoms with Crippen LogP contribution in [-0.4, -0.2) is 20.9 Å². The number of rotatable bonds is 4. The number of nitrogens with zero attached hydrogens (tertiary/aromatic N) is 3. The average molecular weight is 390 g/mol. The molecule has 2 aromatic heterocycles. The second-order valence-electron chi connectivity index (χ2n) is 6.18. The maximum atomic E-state index is 12.6. The number of benzene rings is 2. The number of nitrogens with one attached hydrogen (secondary N) is 2. The Hall–Kier alpha value is -3.51. The molecule has 0 atom stereocenters. The molecule has 6 nitrogen and oxygen atoms in total. The molecule has 0 fully saturated rings. The largest absolute Gasteiger partial charge is 0.322 e. The van der Waals surface area contributed by atoms with Crippen molar-refractivity contribution >= 4 is 45.7 Å². The van der Waals surface area contributed by atoms with Gasteiger partial charge in [-0.05, 0) is 42.8 Å². The first-order valence-electron chi connectivity index (χ1n) is 8.61. The number of anilines is 3. The zero-order valence-electron chi connectivity index (χ0n) is 15.0. The molecule has 4 rings (SSSR count). The number of hydrogen-bond acceptors (Lipinski definition) is 5. The van der Waals surface area contributed by atoms with E-state index in [1.807, 2.05) is 43.3 Å². The molecule has 2 aromatic carbocycles. The second-order valence-corrected chi connectivity index (χ2v) is 6.62. The van der Waals surface area contributed by atoms with Gasteiger partial charge in [-0.15, -0.1) is 0 Å². The Morgan fingerprint density at radius 2 is 1.82 bits per heavy atom. The predicted molar refractivity (Wildman–Crippen MR) is 111 cm³/mol.